The van der Waals surface area contributed by atoms with Crippen LogP contribution in [0.4, 0.5) is 0 Å². The fourth-order valence-corrected chi connectivity index (χ4v) is 0.858. The fourth-order valence-electron chi connectivity index (χ4n) is 0.691. The van der Waals surface area contributed by atoms with E-state index >= 15 is 0 Å². The van der Waals surface area contributed by atoms with Crippen molar-refractivity contribution in [2.45, 2.75) is 12.8 Å². The molecule has 1 aliphatic rings. The zero-order valence-corrected chi connectivity index (χ0v) is 5.20. The molecule has 3 heteroatoms. The summed E-state index contributed by atoms with van der Waals surface area (Å²) in [5.41, 5.74) is 5.24. The first-order valence-corrected chi connectivity index (χ1v) is 2.92. The van der Waals surface area contributed by atoms with Gasteiger partial charge in [0.05, 0.1) is 4.99 Å². The van der Waals surface area contributed by atoms with Crippen molar-refractivity contribution in [2.24, 2.45) is 11.7 Å². The minimum absolute atomic E-state index is 0.220. The Bertz CT molecular complexity index is 135. The minimum atomic E-state index is 0.220. The van der Waals surface area contributed by atoms with Gasteiger partial charge in [-0.2, -0.15) is 0 Å². The van der Waals surface area contributed by atoms with E-state index in [4.69, 9.17) is 5.73 Å². The van der Waals surface area contributed by atoms with E-state index in [9.17, 15) is 4.79 Å². The van der Waals surface area contributed by atoms with Crippen LogP contribution in [-0.4, -0.2) is 10.8 Å². The van der Waals surface area contributed by atoms with Gasteiger partial charge in [0.1, 0.15) is 5.78 Å². The SMILES string of the molecule is NC(=S)C1CC(=O)C1. The monoisotopic (exact) mass is 129 g/mol. The Morgan fingerprint density at radius 2 is 2.25 bits per heavy atom. The Kier molecular flexibility index (Phi) is 1.29. The Morgan fingerprint density at radius 1 is 1.75 bits per heavy atom. The molecule has 0 radical (unpaired) electrons. The lowest BCUT2D eigenvalue weighted by molar-refractivity contribution is -0.125. The smallest absolute Gasteiger partial charge is 0.134 e. The summed E-state index contributed by atoms with van der Waals surface area (Å²) in [5, 5.41) is 0. The molecule has 0 spiro atoms. The van der Waals surface area contributed by atoms with E-state index in [0.29, 0.717) is 17.8 Å². The lowest BCUT2D eigenvalue weighted by Crippen LogP contribution is -2.33. The van der Waals surface area contributed by atoms with Crippen molar-refractivity contribution in [3.63, 3.8) is 0 Å². The third kappa shape index (κ3) is 0.865. The molecule has 0 aromatic rings. The number of hydrogen-bond donors (Lipinski definition) is 1. The number of hydrogen-bond acceptors (Lipinski definition) is 2. The Hall–Kier alpha value is -0.440. The van der Waals surface area contributed by atoms with Crippen LogP contribution in [0.15, 0.2) is 0 Å². The number of thiocarbonyl (C=S) groups is 1. The van der Waals surface area contributed by atoms with Gasteiger partial charge < -0.3 is 5.73 Å². The van der Waals surface area contributed by atoms with Crippen LogP contribution < -0.4 is 5.73 Å². The van der Waals surface area contributed by atoms with Gasteiger partial charge in [-0.1, -0.05) is 12.2 Å². The van der Waals surface area contributed by atoms with Crippen LogP contribution in [0.5, 0.6) is 0 Å². The van der Waals surface area contributed by atoms with Crippen molar-refractivity contribution in [1.82, 2.24) is 0 Å². The molecule has 0 amide bonds. The zero-order valence-electron chi connectivity index (χ0n) is 4.39. The molecule has 2 N–H and O–H groups in total. The van der Waals surface area contributed by atoms with Gasteiger partial charge in [-0.25, -0.2) is 0 Å². The number of carbonyl (C=O) groups excluding carboxylic acids is 1. The van der Waals surface area contributed by atoms with Crippen molar-refractivity contribution < 1.29 is 4.79 Å². The van der Waals surface area contributed by atoms with Crippen LogP contribution in [-0.2, 0) is 4.79 Å². The van der Waals surface area contributed by atoms with E-state index in [-0.39, 0.29) is 11.7 Å². The molecule has 0 unspecified atom stereocenters. The molecular formula is C5H7NOS. The van der Waals surface area contributed by atoms with Gasteiger partial charge in [0, 0.05) is 18.8 Å². The average molecular weight is 129 g/mol. The summed E-state index contributed by atoms with van der Waals surface area (Å²) in [6.07, 6.45) is 1.16. The molecule has 1 aliphatic carbocycles. The first-order chi connectivity index (χ1) is 3.70. The third-order valence-electron chi connectivity index (χ3n) is 1.35. The summed E-state index contributed by atoms with van der Waals surface area (Å²) in [6, 6.07) is 0. The maximum atomic E-state index is 10.3. The predicted molar refractivity (Wildman–Crippen MR) is 34.5 cm³/mol. The van der Waals surface area contributed by atoms with Crippen molar-refractivity contribution in [2.75, 3.05) is 0 Å². The molecule has 0 aliphatic heterocycles. The largest absolute Gasteiger partial charge is 0.393 e. The Balaban J connectivity index is 2.35. The Labute approximate surface area is 53.1 Å². The van der Waals surface area contributed by atoms with Crippen molar-refractivity contribution in [3.8, 4) is 0 Å². The number of carbonyl (C=O) groups is 1. The van der Waals surface area contributed by atoms with Gasteiger partial charge in [-0.05, 0) is 0 Å². The highest BCUT2D eigenvalue weighted by molar-refractivity contribution is 7.80. The molecule has 0 bridgehead atoms. The molecule has 0 heterocycles. The van der Waals surface area contributed by atoms with E-state index in [1.807, 2.05) is 0 Å². The summed E-state index contributed by atoms with van der Waals surface area (Å²) in [4.78, 5) is 10.8. The van der Waals surface area contributed by atoms with Gasteiger partial charge in [0.25, 0.3) is 0 Å². The molecule has 1 rings (SSSR count). The van der Waals surface area contributed by atoms with Gasteiger partial charge in [-0.3, -0.25) is 4.79 Å². The van der Waals surface area contributed by atoms with E-state index < -0.39 is 0 Å². The molecule has 0 atom stereocenters. The van der Waals surface area contributed by atoms with Crippen LogP contribution in [0.25, 0.3) is 0 Å². The van der Waals surface area contributed by atoms with Crippen molar-refractivity contribution in [3.05, 3.63) is 0 Å². The standard InChI is InChI=1S/C5H7NOS/c6-5(8)3-1-4(7)2-3/h3H,1-2H2,(H2,6,8). The maximum Gasteiger partial charge on any atom is 0.134 e. The summed E-state index contributed by atoms with van der Waals surface area (Å²) in [5.74, 6) is 0.500. The second-order valence-corrected chi connectivity index (χ2v) is 2.52. The molecule has 0 saturated heterocycles. The number of nitrogens with two attached hydrogens (primary N) is 1. The third-order valence-corrected chi connectivity index (χ3v) is 1.68. The number of Topliss-reactive ketones (excluding diaryl/α,β-unsaturated/α-hetero) is 1. The molecule has 44 valence electrons. The summed E-state index contributed by atoms with van der Waals surface area (Å²) < 4.78 is 0. The zero-order chi connectivity index (χ0) is 6.15. The van der Waals surface area contributed by atoms with Crippen molar-refractivity contribution in [1.29, 1.82) is 0 Å². The van der Waals surface area contributed by atoms with E-state index in [2.05, 4.69) is 12.2 Å². The highest BCUT2D eigenvalue weighted by Crippen LogP contribution is 2.22. The second kappa shape index (κ2) is 1.82. The van der Waals surface area contributed by atoms with Crippen LogP contribution in [0, 0.1) is 5.92 Å². The maximum absolute atomic E-state index is 10.3. The van der Waals surface area contributed by atoms with Crippen LogP contribution >= 0.6 is 12.2 Å². The highest BCUT2D eigenvalue weighted by Gasteiger charge is 2.28. The summed E-state index contributed by atoms with van der Waals surface area (Å²) >= 11 is 4.65. The topological polar surface area (TPSA) is 43.1 Å². The van der Waals surface area contributed by atoms with Gasteiger partial charge in [0.15, 0.2) is 0 Å². The molecule has 8 heavy (non-hydrogen) atoms. The highest BCUT2D eigenvalue weighted by atomic mass is 32.1. The quantitative estimate of drug-likeness (QED) is 0.516. The van der Waals surface area contributed by atoms with Gasteiger partial charge >= 0.3 is 0 Å². The average Bonchev–Trinajstić information content (AvgIpc) is 1.57. The predicted octanol–water partition coefficient (Wildman–Crippen LogP) is 0.252. The molecule has 0 aromatic carbocycles. The van der Waals surface area contributed by atoms with Gasteiger partial charge in [0.2, 0.25) is 0 Å². The van der Waals surface area contributed by atoms with E-state index in [1.165, 1.54) is 0 Å². The fraction of sp³-hybridized carbons (Fsp3) is 0.600. The molecule has 2 nitrogen and oxygen atoms in total. The lowest BCUT2D eigenvalue weighted by Gasteiger charge is -2.21. The second-order valence-electron chi connectivity index (χ2n) is 2.05. The van der Waals surface area contributed by atoms with Crippen LogP contribution in [0.3, 0.4) is 0 Å². The number of rotatable bonds is 1. The van der Waals surface area contributed by atoms with E-state index in [1.54, 1.807) is 0 Å². The molecular weight excluding hydrogens is 122 g/mol. The van der Waals surface area contributed by atoms with Crippen LogP contribution in [0.1, 0.15) is 12.8 Å². The minimum Gasteiger partial charge on any atom is -0.393 e. The van der Waals surface area contributed by atoms with E-state index in [0.717, 1.165) is 0 Å². The van der Waals surface area contributed by atoms with Gasteiger partial charge in [-0.15, -0.1) is 0 Å². The molecule has 1 fully saturated rings. The normalized spacial score (nSPS) is 20.2. The molecule has 0 aromatic heterocycles. The Morgan fingerprint density at radius 3 is 2.38 bits per heavy atom. The number of ketones is 1. The molecule has 1 saturated carbocycles. The first-order valence-electron chi connectivity index (χ1n) is 2.51. The first kappa shape index (κ1) is 5.69. The summed E-state index contributed by atoms with van der Waals surface area (Å²) in [6.45, 7) is 0. The van der Waals surface area contributed by atoms with Crippen LogP contribution in [0.2, 0.25) is 0 Å². The lowest BCUT2D eigenvalue weighted by atomic mass is 9.84. The summed E-state index contributed by atoms with van der Waals surface area (Å²) in [7, 11) is 0. The van der Waals surface area contributed by atoms with Crippen molar-refractivity contribution >= 4 is 23.0 Å².